The maximum absolute atomic E-state index is 12.6. The topological polar surface area (TPSA) is 63.5 Å². The van der Waals surface area contributed by atoms with Crippen LogP contribution in [0.25, 0.3) is 0 Å². The minimum Gasteiger partial charge on any atom is -0.311 e. The van der Waals surface area contributed by atoms with Crippen LogP contribution in [0.3, 0.4) is 0 Å². The summed E-state index contributed by atoms with van der Waals surface area (Å²) >= 11 is 1.48. The Morgan fingerprint density at radius 3 is 2.74 bits per heavy atom. The molecule has 2 aromatic carbocycles. The molecule has 1 aliphatic heterocycles. The molecule has 0 fully saturated rings. The number of thioether (sulfide) groups is 1. The highest BCUT2D eigenvalue weighted by Crippen LogP contribution is 2.31. The van der Waals surface area contributed by atoms with Gasteiger partial charge in [-0.2, -0.15) is 0 Å². The van der Waals surface area contributed by atoms with Crippen molar-refractivity contribution in [2.45, 2.75) is 17.7 Å². The SMILES string of the molecule is O=C(CSc1ccccc1)N1CCCc2ccc([N+](=O)[O-])cc21. The molecule has 1 aliphatic rings. The maximum atomic E-state index is 12.6. The van der Waals surface area contributed by atoms with Crippen LogP contribution in [0.4, 0.5) is 11.4 Å². The second kappa shape index (κ2) is 6.83. The summed E-state index contributed by atoms with van der Waals surface area (Å²) in [6.07, 6.45) is 1.73. The van der Waals surface area contributed by atoms with Gasteiger partial charge in [-0.3, -0.25) is 14.9 Å². The van der Waals surface area contributed by atoms with Crippen LogP contribution in [-0.4, -0.2) is 23.1 Å². The van der Waals surface area contributed by atoms with Crippen LogP contribution in [0.1, 0.15) is 12.0 Å². The zero-order valence-electron chi connectivity index (χ0n) is 12.5. The number of non-ortho nitro benzene ring substituents is 1. The van der Waals surface area contributed by atoms with Gasteiger partial charge in [-0.15, -0.1) is 11.8 Å². The van der Waals surface area contributed by atoms with Crippen molar-refractivity contribution in [1.82, 2.24) is 0 Å². The van der Waals surface area contributed by atoms with Crippen LogP contribution in [-0.2, 0) is 11.2 Å². The van der Waals surface area contributed by atoms with Gasteiger partial charge in [-0.05, 0) is 30.5 Å². The Balaban J connectivity index is 1.77. The molecule has 0 bridgehead atoms. The molecule has 0 aliphatic carbocycles. The van der Waals surface area contributed by atoms with E-state index in [9.17, 15) is 14.9 Å². The Bertz CT molecular complexity index is 734. The summed E-state index contributed by atoms with van der Waals surface area (Å²) in [6.45, 7) is 0.613. The van der Waals surface area contributed by atoms with Crippen molar-refractivity contribution in [1.29, 1.82) is 0 Å². The summed E-state index contributed by atoms with van der Waals surface area (Å²) in [5.41, 5.74) is 1.71. The number of fused-ring (bicyclic) bond motifs is 1. The lowest BCUT2D eigenvalue weighted by Gasteiger charge is -2.29. The average molecular weight is 328 g/mol. The molecule has 0 atom stereocenters. The highest BCUT2D eigenvalue weighted by Gasteiger charge is 2.24. The Labute approximate surface area is 138 Å². The van der Waals surface area contributed by atoms with Crippen LogP contribution in [0.15, 0.2) is 53.4 Å². The first-order chi connectivity index (χ1) is 11.1. The molecule has 0 unspecified atom stereocenters. The normalized spacial score (nSPS) is 13.5. The van der Waals surface area contributed by atoms with Gasteiger partial charge < -0.3 is 4.90 Å². The fourth-order valence-electron chi connectivity index (χ4n) is 2.68. The standard InChI is InChI=1S/C17H16N2O3S/c20-17(12-23-15-6-2-1-3-7-15)18-10-4-5-13-8-9-14(19(21)22)11-16(13)18/h1-3,6-9,11H,4-5,10,12H2. The predicted octanol–water partition coefficient (Wildman–Crippen LogP) is 3.67. The molecule has 0 radical (unpaired) electrons. The van der Waals surface area contributed by atoms with Crippen molar-refractivity contribution in [2.75, 3.05) is 17.2 Å². The van der Waals surface area contributed by atoms with E-state index in [4.69, 9.17) is 0 Å². The van der Waals surface area contributed by atoms with Crippen LogP contribution in [0, 0.1) is 10.1 Å². The van der Waals surface area contributed by atoms with Crippen molar-refractivity contribution in [3.63, 3.8) is 0 Å². The highest BCUT2D eigenvalue weighted by molar-refractivity contribution is 8.00. The summed E-state index contributed by atoms with van der Waals surface area (Å²) in [6, 6.07) is 14.5. The fraction of sp³-hybridized carbons (Fsp3) is 0.235. The number of nitro benzene ring substituents is 1. The van der Waals surface area contributed by atoms with Gasteiger partial charge >= 0.3 is 0 Å². The van der Waals surface area contributed by atoms with Gasteiger partial charge in [-0.25, -0.2) is 0 Å². The van der Waals surface area contributed by atoms with Crippen molar-refractivity contribution in [2.24, 2.45) is 0 Å². The summed E-state index contributed by atoms with van der Waals surface area (Å²) in [7, 11) is 0. The van der Waals surface area contributed by atoms with Crippen LogP contribution < -0.4 is 4.90 Å². The molecule has 1 amide bonds. The molecule has 5 nitrogen and oxygen atoms in total. The zero-order chi connectivity index (χ0) is 16.2. The Morgan fingerprint density at radius 2 is 2.00 bits per heavy atom. The van der Waals surface area contributed by atoms with E-state index in [0.717, 1.165) is 23.3 Å². The van der Waals surface area contributed by atoms with Gasteiger partial charge in [0.25, 0.3) is 5.69 Å². The van der Waals surface area contributed by atoms with Gasteiger partial charge in [0.1, 0.15) is 0 Å². The molecule has 0 spiro atoms. The zero-order valence-corrected chi connectivity index (χ0v) is 13.3. The van der Waals surface area contributed by atoms with Gasteiger partial charge in [0, 0.05) is 23.6 Å². The lowest BCUT2D eigenvalue weighted by Crippen LogP contribution is -2.36. The third-order valence-corrected chi connectivity index (χ3v) is 4.80. The van der Waals surface area contributed by atoms with Gasteiger partial charge in [0.05, 0.1) is 16.4 Å². The molecular formula is C17H16N2O3S. The van der Waals surface area contributed by atoms with E-state index in [1.807, 2.05) is 30.3 Å². The van der Waals surface area contributed by atoms with Crippen molar-refractivity contribution in [3.8, 4) is 0 Å². The largest absolute Gasteiger partial charge is 0.311 e. The summed E-state index contributed by atoms with van der Waals surface area (Å²) in [5.74, 6) is 0.312. The first kappa shape index (κ1) is 15.6. The van der Waals surface area contributed by atoms with Crippen molar-refractivity contribution in [3.05, 3.63) is 64.2 Å². The number of rotatable bonds is 4. The number of benzene rings is 2. The smallest absolute Gasteiger partial charge is 0.271 e. The number of anilines is 1. The molecule has 6 heteroatoms. The van der Waals surface area contributed by atoms with Crippen molar-refractivity contribution < 1.29 is 9.72 Å². The number of hydrogen-bond acceptors (Lipinski definition) is 4. The van der Waals surface area contributed by atoms with Crippen molar-refractivity contribution >= 4 is 29.0 Å². The second-order valence-electron chi connectivity index (χ2n) is 5.32. The number of carbonyl (C=O) groups excluding carboxylic acids is 1. The highest BCUT2D eigenvalue weighted by atomic mass is 32.2. The molecule has 0 aromatic heterocycles. The number of hydrogen-bond donors (Lipinski definition) is 0. The molecule has 0 saturated heterocycles. The third-order valence-electron chi connectivity index (χ3n) is 3.80. The Morgan fingerprint density at radius 1 is 1.22 bits per heavy atom. The minimum atomic E-state index is -0.420. The number of nitro groups is 1. The summed E-state index contributed by atoms with van der Waals surface area (Å²) in [4.78, 5) is 25.8. The molecule has 118 valence electrons. The number of carbonyl (C=O) groups is 1. The van der Waals surface area contributed by atoms with E-state index in [1.165, 1.54) is 23.9 Å². The Hall–Kier alpha value is -2.34. The Kier molecular flexibility index (Phi) is 4.62. The average Bonchev–Trinajstić information content (AvgIpc) is 2.59. The van der Waals surface area contributed by atoms with Gasteiger partial charge in [0.15, 0.2) is 0 Å². The second-order valence-corrected chi connectivity index (χ2v) is 6.37. The third kappa shape index (κ3) is 3.53. The predicted molar refractivity (Wildman–Crippen MR) is 90.9 cm³/mol. The lowest BCUT2D eigenvalue weighted by atomic mass is 10.0. The van der Waals surface area contributed by atoms with Gasteiger partial charge in [0.2, 0.25) is 5.91 Å². The van der Waals surface area contributed by atoms with Gasteiger partial charge in [-0.1, -0.05) is 24.3 Å². The molecule has 23 heavy (non-hydrogen) atoms. The maximum Gasteiger partial charge on any atom is 0.271 e. The van der Waals surface area contributed by atoms with E-state index >= 15 is 0 Å². The van der Waals surface area contributed by atoms with E-state index in [-0.39, 0.29) is 11.6 Å². The van der Waals surface area contributed by atoms with E-state index in [0.29, 0.717) is 18.0 Å². The summed E-state index contributed by atoms with van der Waals surface area (Å²) < 4.78 is 0. The molecule has 3 rings (SSSR count). The molecule has 0 N–H and O–H groups in total. The quantitative estimate of drug-likeness (QED) is 0.488. The van der Waals surface area contributed by atoms with Crippen LogP contribution in [0.2, 0.25) is 0 Å². The van der Waals surface area contributed by atoms with E-state index in [1.54, 1.807) is 11.0 Å². The van der Waals surface area contributed by atoms with Crippen LogP contribution in [0.5, 0.6) is 0 Å². The first-order valence-electron chi connectivity index (χ1n) is 7.40. The molecule has 2 aromatic rings. The molecular weight excluding hydrogens is 312 g/mol. The number of aryl methyl sites for hydroxylation is 1. The number of amides is 1. The van der Waals surface area contributed by atoms with E-state index < -0.39 is 4.92 Å². The monoisotopic (exact) mass is 328 g/mol. The minimum absolute atomic E-state index is 0.0136. The number of nitrogens with zero attached hydrogens (tertiary/aromatic N) is 2. The van der Waals surface area contributed by atoms with E-state index in [2.05, 4.69) is 0 Å². The fourth-order valence-corrected chi connectivity index (χ4v) is 3.47. The molecule has 1 heterocycles. The van der Waals surface area contributed by atoms with Crippen LogP contribution >= 0.6 is 11.8 Å². The lowest BCUT2D eigenvalue weighted by molar-refractivity contribution is -0.384. The molecule has 0 saturated carbocycles. The first-order valence-corrected chi connectivity index (χ1v) is 8.39. The summed E-state index contributed by atoms with van der Waals surface area (Å²) in [5, 5.41) is 11.0.